The van der Waals surface area contributed by atoms with Crippen LogP contribution in [0.25, 0.3) is 0 Å². The molecule has 13 heavy (non-hydrogen) atoms. The van der Waals surface area contributed by atoms with E-state index in [9.17, 15) is 4.79 Å². The van der Waals surface area contributed by atoms with Crippen molar-refractivity contribution in [3.63, 3.8) is 0 Å². The van der Waals surface area contributed by atoms with Crippen molar-refractivity contribution in [2.45, 2.75) is 31.7 Å². The van der Waals surface area contributed by atoms with Gasteiger partial charge < -0.3 is 9.80 Å². The largest absolute Gasteiger partial charge is 0.331 e. The van der Waals surface area contributed by atoms with Gasteiger partial charge in [-0.05, 0) is 46.3 Å². The lowest BCUT2D eigenvalue weighted by molar-refractivity contribution is 0.205. The zero-order valence-corrected chi connectivity index (χ0v) is 8.62. The molecule has 1 amide bonds. The van der Waals surface area contributed by atoms with Crippen molar-refractivity contribution in [1.29, 1.82) is 0 Å². The minimum absolute atomic E-state index is 0.439. The van der Waals surface area contributed by atoms with Crippen molar-refractivity contribution in [2.75, 3.05) is 27.2 Å². The first kappa shape index (κ1) is 10.5. The van der Waals surface area contributed by atoms with E-state index in [4.69, 9.17) is 0 Å². The number of nitrogens with zero attached hydrogens (tertiary/aromatic N) is 2. The SMILES string of the molecule is CN(C)CCC1CCCCN1[C]=O. The molecule has 0 spiro atoms. The maximum atomic E-state index is 10.6. The van der Waals surface area contributed by atoms with E-state index in [0.717, 1.165) is 32.4 Å². The lowest BCUT2D eigenvalue weighted by Gasteiger charge is -2.32. The van der Waals surface area contributed by atoms with E-state index in [1.165, 1.54) is 6.42 Å². The highest BCUT2D eigenvalue weighted by molar-refractivity contribution is 5.48. The van der Waals surface area contributed by atoms with Gasteiger partial charge in [0.1, 0.15) is 0 Å². The van der Waals surface area contributed by atoms with Crippen molar-refractivity contribution < 1.29 is 4.79 Å². The summed E-state index contributed by atoms with van der Waals surface area (Å²) in [7, 11) is 4.13. The maximum absolute atomic E-state index is 10.6. The first-order valence-corrected chi connectivity index (χ1v) is 5.03. The molecule has 0 aromatic rings. The fourth-order valence-corrected chi connectivity index (χ4v) is 1.83. The second-order valence-corrected chi connectivity index (χ2v) is 4.03. The molecule has 1 rings (SSSR count). The lowest BCUT2D eigenvalue weighted by Crippen LogP contribution is -2.39. The highest BCUT2D eigenvalue weighted by Gasteiger charge is 2.20. The number of hydrogen-bond acceptors (Lipinski definition) is 2. The van der Waals surface area contributed by atoms with Crippen molar-refractivity contribution >= 4 is 6.41 Å². The molecule has 1 aliphatic rings. The minimum Gasteiger partial charge on any atom is -0.331 e. The summed E-state index contributed by atoms with van der Waals surface area (Å²) in [4.78, 5) is 14.6. The predicted molar refractivity (Wildman–Crippen MR) is 53.2 cm³/mol. The van der Waals surface area contributed by atoms with Crippen LogP contribution in [0.5, 0.6) is 0 Å². The Balaban J connectivity index is 2.31. The van der Waals surface area contributed by atoms with Crippen LogP contribution in [0.15, 0.2) is 0 Å². The normalized spacial score (nSPS) is 23.6. The third-order valence-electron chi connectivity index (χ3n) is 2.65. The Kier molecular flexibility index (Phi) is 4.22. The van der Waals surface area contributed by atoms with Crippen LogP contribution >= 0.6 is 0 Å². The van der Waals surface area contributed by atoms with E-state index in [2.05, 4.69) is 19.0 Å². The van der Waals surface area contributed by atoms with Gasteiger partial charge in [-0.25, -0.2) is 0 Å². The zero-order chi connectivity index (χ0) is 9.68. The summed E-state index contributed by atoms with van der Waals surface area (Å²) >= 11 is 0. The standard InChI is InChI=1S/C10H19N2O/c1-11(2)8-6-10-5-3-4-7-12(10)9-13/h10H,3-8H2,1-2H3. The van der Waals surface area contributed by atoms with E-state index < -0.39 is 0 Å². The van der Waals surface area contributed by atoms with E-state index in [1.807, 2.05) is 11.3 Å². The molecule has 75 valence electrons. The van der Waals surface area contributed by atoms with Crippen LogP contribution in [0.1, 0.15) is 25.7 Å². The Morgan fingerprint density at radius 1 is 1.46 bits per heavy atom. The maximum Gasteiger partial charge on any atom is 0.312 e. The molecule has 1 heterocycles. The Morgan fingerprint density at radius 3 is 2.85 bits per heavy atom. The van der Waals surface area contributed by atoms with Crippen LogP contribution in [0.2, 0.25) is 0 Å². The molecule has 0 aromatic heterocycles. The van der Waals surface area contributed by atoms with Crippen LogP contribution < -0.4 is 0 Å². The molecule has 1 radical (unpaired) electrons. The van der Waals surface area contributed by atoms with E-state index in [-0.39, 0.29) is 0 Å². The first-order chi connectivity index (χ1) is 6.24. The molecule has 0 saturated carbocycles. The van der Waals surface area contributed by atoms with Gasteiger partial charge in [0.2, 0.25) is 0 Å². The highest BCUT2D eigenvalue weighted by atomic mass is 16.1. The number of piperidine rings is 1. The van der Waals surface area contributed by atoms with Gasteiger partial charge in [-0.3, -0.25) is 4.79 Å². The van der Waals surface area contributed by atoms with Crippen LogP contribution in [0.4, 0.5) is 0 Å². The average molecular weight is 183 g/mol. The molecule has 0 N–H and O–H groups in total. The fourth-order valence-electron chi connectivity index (χ4n) is 1.83. The summed E-state index contributed by atoms with van der Waals surface area (Å²) in [6, 6.07) is 0.439. The second-order valence-electron chi connectivity index (χ2n) is 4.03. The van der Waals surface area contributed by atoms with Crippen LogP contribution in [0.3, 0.4) is 0 Å². The van der Waals surface area contributed by atoms with Gasteiger partial charge in [-0.1, -0.05) is 0 Å². The second kappa shape index (κ2) is 5.22. The van der Waals surface area contributed by atoms with Crippen LogP contribution in [0, 0.1) is 0 Å². The first-order valence-electron chi connectivity index (χ1n) is 5.03. The monoisotopic (exact) mass is 183 g/mol. The van der Waals surface area contributed by atoms with Crippen LogP contribution in [-0.4, -0.2) is 49.4 Å². The third kappa shape index (κ3) is 3.35. The summed E-state index contributed by atoms with van der Waals surface area (Å²) < 4.78 is 0. The van der Waals surface area contributed by atoms with Gasteiger partial charge in [-0.2, -0.15) is 0 Å². The summed E-state index contributed by atoms with van der Waals surface area (Å²) in [5.74, 6) is 0. The van der Waals surface area contributed by atoms with Crippen molar-refractivity contribution in [3.05, 3.63) is 0 Å². The van der Waals surface area contributed by atoms with E-state index in [0.29, 0.717) is 6.04 Å². The molecule has 0 aliphatic carbocycles. The molecule has 0 aromatic carbocycles. The molecule has 1 aliphatic heterocycles. The number of amides is 1. The predicted octanol–water partition coefficient (Wildman–Crippen LogP) is 0.860. The molecular formula is C10H19N2O. The Hall–Kier alpha value is -0.570. The molecule has 0 bridgehead atoms. The van der Waals surface area contributed by atoms with E-state index >= 15 is 0 Å². The summed E-state index contributed by atoms with van der Waals surface area (Å²) in [6.07, 6.45) is 6.69. The van der Waals surface area contributed by atoms with Gasteiger partial charge in [0.15, 0.2) is 0 Å². The topological polar surface area (TPSA) is 23.6 Å². The van der Waals surface area contributed by atoms with E-state index in [1.54, 1.807) is 0 Å². The molecule has 1 fully saturated rings. The quantitative estimate of drug-likeness (QED) is 0.645. The summed E-state index contributed by atoms with van der Waals surface area (Å²) in [5.41, 5.74) is 0. The van der Waals surface area contributed by atoms with Crippen LogP contribution in [-0.2, 0) is 4.79 Å². The van der Waals surface area contributed by atoms with Gasteiger partial charge in [0.05, 0.1) is 0 Å². The molecule has 3 heteroatoms. The number of likely N-dealkylation sites (tertiary alicyclic amines) is 1. The van der Waals surface area contributed by atoms with Gasteiger partial charge in [0.25, 0.3) is 0 Å². The highest BCUT2D eigenvalue weighted by Crippen LogP contribution is 2.17. The van der Waals surface area contributed by atoms with Gasteiger partial charge >= 0.3 is 6.41 Å². The lowest BCUT2D eigenvalue weighted by atomic mass is 10.00. The smallest absolute Gasteiger partial charge is 0.312 e. The fraction of sp³-hybridized carbons (Fsp3) is 0.900. The van der Waals surface area contributed by atoms with Crippen molar-refractivity contribution in [2.24, 2.45) is 0 Å². The van der Waals surface area contributed by atoms with Crippen molar-refractivity contribution in [3.8, 4) is 0 Å². The third-order valence-corrected chi connectivity index (χ3v) is 2.65. The number of carbonyl (C=O) groups excluding carboxylic acids is 1. The van der Waals surface area contributed by atoms with Gasteiger partial charge in [0, 0.05) is 12.6 Å². The Morgan fingerprint density at radius 2 is 2.23 bits per heavy atom. The molecular weight excluding hydrogens is 164 g/mol. The average Bonchev–Trinajstić information content (AvgIpc) is 2.15. The number of hydrogen-bond donors (Lipinski definition) is 0. The molecule has 3 nitrogen and oxygen atoms in total. The number of rotatable bonds is 4. The molecule has 1 unspecified atom stereocenters. The molecule has 1 atom stereocenters. The Bertz CT molecular complexity index is 159. The Labute approximate surface area is 80.7 Å². The summed E-state index contributed by atoms with van der Waals surface area (Å²) in [5, 5.41) is 0. The van der Waals surface area contributed by atoms with Gasteiger partial charge in [-0.15, -0.1) is 0 Å². The summed E-state index contributed by atoms with van der Waals surface area (Å²) in [6.45, 7) is 1.96. The van der Waals surface area contributed by atoms with Crippen molar-refractivity contribution in [1.82, 2.24) is 9.80 Å². The zero-order valence-electron chi connectivity index (χ0n) is 8.62. The minimum atomic E-state index is 0.439. The molecule has 1 saturated heterocycles.